The van der Waals surface area contributed by atoms with Gasteiger partial charge in [-0.15, -0.1) is 11.3 Å². The molecule has 66 valence electrons. The molecule has 0 bridgehead atoms. The van der Waals surface area contributed by atoms with E-state index in [1.807, 2.05) is 6.92 Å². The van der Waals surface area contributed by atoms with Crippen molar-refractivity contribution in [1.29, 1.82) is 0 Å². The zero-order valence-corrected chi connectivity index (χ0v) is 8.02. The molecule has 2 rings (SSSR count). The first-order valence-electron chi connectivity index (χ1n) is 4.30. The Labute approximate surface area is 76.3 Å². The SMILES string of the molecule is Cc1nc(C2(CO)CCC2)cs1. The summed E-state index contributed by atoms with van der Waals surface area (Å²) < 4.78 is 0. The van der Waals surface area contributed by atoms with Gasteiger partial charge in [0, 0.05) is 10.8 Å². The molecular formula is C9H13NOS. The predicted octanol–water partition coefficient (Wildman–Crippen LogP) is 1.87. The van der Waals surface area contributed by atoms with Crippen molar-refractivity contribution in [3.8, 4) is 0 Å². The molecule has 0 spiro atoms. The van der Waals surface area contributed by atoms with E-state index < -0.39 is 0 Å². The Balaban J connectivity index is 2.27. The molecule has 1 aliphatic carbocycles. The molecule has 0 unspecified atom stereocenters. The van der Waals surface area contributed by atoms with E-state index in [1.165, 1.54) is 6.42 Å². The lowest BCUT2D eigenvalue weighted by Crippen LogP contribution is -2.38. The first-order valence-corrected chi connectivity index (χ1v) is 5.18. The van der Waals surface area contributed by atoms with Crippen LogP contribution in [-0.2, 0) is 5.41 Å². The molecular weight excluding hydrogens is 170 g/mol. The summed E-state index contributed by atoms with van der Waals surface area (Å²) in [5.41, 5.74) is 1.14. The minimum atomic E-state index is 0.0325. The topological polar surface area (TPSA) is 33.1 Å². The number of nitrogens with zero attached hydrogens (tertiary/aromatic N) is 1. The lowest BCUT2D eigenvalue weighted by atomic mass is 9.67. The van der Waals surface area contributed by atoms with Gasteiger partial charge in [-0.2, -0.15) is 0 Å². The Morgan fingerprint density at radius 3 is 2.75 bits per heavy atom. The first kappa shape index (κ1) is 8.20. The summed E-state index contributed by atoms with van der Waals surface area (Å²) in [6.07, 6.45) is 3.44. The summed E-state index contributed by atoms with van der Waals surface area (Å²) in [6.45, 7) is 2.27. The number of hydrogen-bond donors (Lipinski definition) is 1. The fraction of sp³-hybridized carbons (Fsp3) is 0.667. The van der Waals surface area contributed by atoms with Gasteiger partial charge in [-0.05, 0) is 19.8 Å². The van der Waals surface area contributed by atoms with E-state index in [9.17, 15) is 5.11 Å². The molecule has 1 saturated carbocycles. The average Bonchev–Trinajstić information content (AvgIpc) is 2.35. The summed E-state index contributed by atoms with van der Waals surface area (Å²) >= 11 is 1.67. The second-order valence-electron chi connectivity index (χ2n) is 3.54. The molecule has 1 aromatic heterocycles. The van der Waals surface area contributed by atoms with E-state index in [4.69, 9.17) is 0 Å². The van der Waals surface area contributed by atoms with Crippen molar-refractivity contribution in [3.05, 3.63) is 16.1 Å². The largest absolute Gasteiger partial charge is 0.395 e. The van der Waals surface area contributed by atoms with Gasteiger partial charge in [0.1, 0.15) is 0 Å². The van der Waals surface area contributed by atoms with E-state index >= 15 is 0 Å². The number of aliphatic hydroxyl groups excluding tert-OH is 1. The van der Waals surface area contributed by atoms with Crippen molar-refractivity contribution < 1.29 is 5.11 Å². The van der Waals surface area contributed by atoms with Crippen molar-refractivity contribution in [1.82, 2.24) is 4.98 Å². The Bertz CT molecular complexity index is 272. The van der Waals surface area contributed by atoms with Crippen LogP contribution in [0.3, 0.4) is 0 Å². The first-order chi connectivity index (χ1) is 5.77. The smallest absolute Gasteiger partial charge is 0.0897 e. The normalized spacial score (nSPS) is 20.5. The van der Waals surface area contributed by atoms with Crippen molar-refractivity contribution in [2.75, 3.05) is 6.61 Å². The van der Waals surface area contributed by atoms with Crippen LogP contribution >= 0.6 is 11.3 Å². The van der Waals surface area contributed by atoms with Crippen LogP contribution in [0.4, 0.5) is 0 Å². The van der Waals surface area contributed by atoms with Crippen LogP contribution in [0.15, 0.2) is 5.38 Å². The van der Waals surface area contributed by atoms with Gasteiger partial charge in [0.2, 0.25) is 0 Å². The molecule has 12 heavy (non-hydrogen) atoms. The maximum atomic E-state index is 9.26. The number of aryl methyl sites for hydroxylation is 1. The maximum Gasteiger partial charge on any atom is 0.0897 e. The van der Waals surface area contributed by atoms with Crippen LogP contribution in [0.1, 0.15) is 30.0 Å². The van der Waals surface area contributed by atoms with Gasteiger partial charge in [-0.25, -0.2) is 4.98 Å². The van der Waals surface area contributed by atoms with Crippen LogP contribution in [-0.4, -0.2) is 16.7 Å². The van der Waals surface area contributed by atoms with Crippen molar-refractivity contribution in [3.63, 3.8) is 0 Å². The summed E-state index contributed by atoms with van der Waals surface area (Å²) in [5, 5.41) is 12.5. The van der Waals surface area contributed by atoms with Gasteiger partial charge >= 0.3 is 0 Å². The Morgan fingerprint density at radius 2 is 2.42 bits per heavy atom. The van der Waals surface area contributed by atoms with Crippen LogP contribution in [0.5, 0.6) is 0 Å². The highest BCUT2D eigenvalue weighted by Gasteiger charge is 2.39. The van der Waals surface area contributed by atoms with E-state index in [-0.39, 0.29) is 12.0 Å². The molecule has 1 aliphatic rings. The number of aliphatic hydroxyl groups is 1. The zero-order valence-electron chi connectivity index (χ0n) is 7.21. The molecule has 0 atom stereocenters. The van der Waals surface area contributed by atoms with Crippen molar-refractivity contribution >= 4 is 11.3 Å². The van der Waals surface area contributed by atoms with Gasteiger partial charge in [0.25, 0.3) is 0 Å². The Morgan fingerprint density at radius 1 is 1.67 bits per heavy atom. The van der Waals surface area contributed by atoms with Gasteiger partial charge < -0.3 is 5.11 Å². The highest BCUT2D eigenvalue weighted by molar-refractivity contribution is 7.09. The van der Waals surface area contributed by atoms with Crippen molar-refractivity contribution in [2.45, 2.75) is 31.6 Å². The molecule has 1 N–H and O–H groups in total. The fourth-order valence-corrected chi connectivity index (χ4v) is 2.44. The minimum Gasteiger partial charge on any atom is -0.395 e. The maximum absolute atomic E-state index is 9.26. The van der Waals surface area contributed by atoms with Crippen LogP contribution in [0, 0.1) is 6.92 Å². The van der Waals surface area contributed by atoms with E-state index in [0.29, 0.717) is 0 Å². The third-order valence-corrected chi connectivity index (χ3v) is 3.55. The summed E-state index contributed by atoms with van der Waals surface area (Å²) in [6, 6.07) is 0. The molecule has 1 aromatic rings. The Kier molecular flexibility index (Phi) is 1.93. The third-order valence-electron chi connectivity index (χ3n) is 2.78. The second-order valence-corrected chi connectivity index (χ2v) is 4.61. The number of aromatic nitrogens is 1. The predicted molar refractivity (Wildman–Crippen MR) is 49.5 cm³/mol. The molecule has 0 radical (unpaired) electrons. The summed E-state index contributed by atoms with van der Waals surface area (Å²) in [5.74, 6) is 0. The Hall–Kier alpha value is -0.410. The van der Waals surface area contributed by atoms with Gasteiger partial charge in [0.15, 0.2) is 0 Å². The van der Waals surface area contributed by atoms with Gasteiger partial charge in [-0.3, -0.25) is 0 Å². The van der Waals surface area contributed by atoms with Crippen LogP contribution < -0.4 is 0 Å². The molecule has 3 heteroatoms. The minimum absolute atomic E-state index is 0.0325. The molecule has 0 aliphatic heterocycles. The lowest BCUT2D eigenvalue weighted by molar-refractivity contribution is 0.117. The van der Waals surface area contributed by atoms with Gasteiger partial charge in [-0.1, -0.05) is 6.42 Å². The number of hydrogen-bond acceptors (Lipinski definition) is 3. The lowest BCUT2D eigenvalue weighted by Gasteiger charge is -2.38. The van der Waals surface area contributed by atoms with E-state index in [1.54, 1.807) is 11.3 Å². The zero-order chi connectivity index (χ0) is 8.60. The fourth-order valence-electron chi connectivity index (χ4n) is 1.71. The van der Waals surface area contributed by atoms with Crippen molar-refractivity contribution in [2.24, 2.45) is 0 Å². The quantitative estimate of drug-likeness (QED) is 0.759. The van der Waals surface area contributed by atoms with Gasteiger partial charge in [0.05, 0.1) is 17.3 Å². The summed E-state index contributed by atoms with van der Waals surface area (Å²) in [7, 11) is 0. The molecule has 0 saturated heterocycles. The van der Waals surface area contributed by atoms with Crippen LogP contribution in [0.25, 0.3) is 0 Å². The highest BCUT2D eigenvalue weighted by atomic mass is 32.1. The standard InChI is InChI=1S/C9H13NOS/c1-7-10-8(5-12-7)9(6-11)3-2-4-9/h5,11H,2-4,6H2,1H3. The van der Waals surface area contributed by atoms with E-state index in [2.05, 4.69) is 10.4 Å². The summed E-state index contributed by atoms with van der Waals surface area (Å²) in [4.78, 5) is 4.43. The highest BCUT2D eigenvalue weighted by Crippen LogP contribution is 2.43. The number of rotatable bonds is 2. The molecule has 0 amide bonds. The molecule has 1 heterocycles. The second kappa shape index (κ2) is 2.82. The molecule has 2 nitrogen and oxygen atoms in total. The molecule has 0 aromatic carbocycles. The molecule has 1 fully saturated rings. The number of thiazole rings is 1. The monoisotopic (exact) mass is 183 g/mol. The van der Waals surface area contributed by atoms with E-state index in [0.717, 1.165) is 23.5 Å². The third kappa shape index (κ3) is 1.08. The van der Waals surface area contributed by atoms with Crippen LogP contribution in [0.2, 0.25) is 0 Å². The average molecular weight is 183 g/mol.